The van der Waals surface area contributed by atoms with Crippen LogP contribution in [0.5, 0.6) is 5.75 Å². The molecule has 1 aromatic carbocycles. The van der Waals surface area contributed by atoms with Crippen molar-refractivity contribution in [3.05, 3.63) is 29.6 Å². The Hall–Kier alpha value is -1.09. The van der Waals surface area contributed by atoms with E-state index in [2.05, 4.69) is 19.2 Å². The van der Waals surface area contributed by atoms with Crippen LogP contribution in [0.4, 0.5) is 4.39 Å². The fraction of sp³-hybridized carbons (Fsp3) is 0.600. The minimum Gasteiger partial charge on any atom is -0.497 e. The van der Waals surface area contributed by atoms with Crippen molar-refractivity contribution in [2.45, 2.75) is 33.2 Å². The highest BCUT2D eigenvalue weighted by molar-refractivity contribution is 5.28. The SMILES string of the molecule is COc1ccc(CNCC2(C(C)C)CC2)c(F)c1. The van der Waals surface area contributed by atoms with Crippen LogP contribution in [0.3, 0.4) is 0 Å². The topological polar surface area (TPSA) is 21.3 Å². The molecule has 0 saturated heterocycles. The van der Waals surface area contributed by atoms with Gasteiger partial charge in [-0.15, -0.1) is 0 Å². The molecule has 0 aliphatic heterocycles. The van der Waals surface area contributed by atoms with Crippen molar-refractivity contribution in [1.29, 1.82) is 0 Å². The second-order valence-corrected chi connectivity index (χ2v) is 5.58. The molecule has 3 heteroatoms. The average molecular weight is 251 g/mol. The number of halogens is 1. The fourth-order valence-corrected chi connectivity index (χ4v) is 2.36. The van der Waals surface area contributed by atoms with E-state index in [1.54, 1.807) is 19.2 Å². The second-order valence-electron chi connectivity index (χ2n) is 5.58. The van der Waals surface area contributed by atoms with Gasteiger partial charge in [0.25, 0.3) is 0 Å². The molecule has 1 saturated carbocycles. The van der Waals surface area contributed by atoms with Crippen LogP contribution in [0.15, 0.2) is 18.2 Å². The number of hydrogen-bond donors (Lipinski definition) is 1. The lowest BCUT2D eigenvalue weighted by Gasteiger charge is -2.20. The zero-order chi connectivity index (χ0) is 13.2. The summed E-state index contributed by atoms with van der Waals surface area (Å²) in [5, 5.41) is 3.38. The van der Waals surface area contributed by atoms with E-state index in [1.165, 1.54) is 18.9 Å². The molecule has 1 N–H and O–H groups in total. The predicted octanol–water partition coefficient (Wildman–Crippen LogP) is 3.36. The first-order valence-electron chi connectivity index (χ1n) is 6.60. The molecule has 0 amide bonds. The Balaban J connectivity index is 1.87. The quantitative estimate of drug-likeness (QED) is 0.837. The molecule has 0 bridgehead atoms. The Morgan fingerprint density at radius 3 is 2.61 bits per heavy atom. The molecule has 2 rings (SSSR count). The molecule has 2 nitrogen and oxygen atoms in total. The maximum Gasteiger partial charge on any atom is 0.131 e. The van der Waals surface area contributed by atoms with E-state index < -0.39 is 0 Å². The monoisotopic (exact) mass is 251 g/mol. The van der Waals surface area contributed by atoms with Crippen LogP contribution in [0, 0.1) is 17.2 Å². The highest BCUT2D eigenvalue weighted by Crippen LogP contribution is 2.51. The first-order chi connectivity index (χ1) is 8.57. The zero-order valence-electron chi connectivity index (χ0n) is 11.4. The zero-order valence-corrected chi connectivity index (χ0v) is 11.4. The summed E-state index contributed by atoms with van der Waals surface area (Å²) in [5.74, 6) is 1.07. The van der Waals surface area contributed by atoms with Gasteiger partial charge in [0.1, 0.15) is 11.6 Å². The van der Waals surface area contributed by atoms with Crippen LogP contribution in [0.2, 0.25) is 0 Å². The van der Waals surface area contributed by atoms with E-state index in [0.29, 0.717) is 29.2 Å². The smallest absolute Gasteiger partial charge is 0.131 e. The standard InChI is InChI=1S/C15H22FNO/c1-11(2)15(6-7-15)10-17-9-12-4-5-13(18-3)8-14(12)16/h4-5,8,11,17H,6-7,9-10H2,1-3H3. The fourth-order valence-electron chi connectivity index (χ4n) is 2.36. The number of nitrogens with one attached hydrogen (secondary N) is 1. The lowest BCUT2D eigenvalue weighted by Crippen LogP contribution is -2.27. The van der Waals surface area contributed by atoms with Gasteiger partial charge < -0.3 is 10.1 Å². The molecule has 1 fully saturated rings. The summed E-state index contributed by atoms with van der Waals surface area (Å²) in [6.45, 7) is 6.10. The van der Waals surface area contributed by atoms with Crippen LogP contribution in [-0.2, 0) is 6.54 Å². The minimum absolute atomic E-state index is 0.198. The van der Waals surface area contributed by atoms with Crippen molar-refractivity contribution >= 4 is 0 Å². The molecule has 0 unspecified atom stereocenters. The Labute approximate surface area is 109 Å². The molecule has 0 radical (unpaired) electrons. The van der Waals surface area contributed by atoms with Gasteiger partial charge in [-0.1, -0.05) is 19.9 Å². The van der Waals surface area contributed by atoms with Crippen molar-refractivity contribution < 1.29 is 9.13 Å². The predicted molar refractivity (Wildman–Crippen MR) is 71.2 cm³/mol. The molecule has 1 aromatic rings. The second kappa shape index (κ2) is 5.27. The molecule has 1 aliphatic rings. The lowest BCUT2D eigenvalue weighted by molar-refractivity contribution is 0.336. The lowest BCUT2D eigenvalue weighted by atomic mass is 9.92. The largest absolute Gasteiger partial charge is 0.497 e. The van der Waals surface area contributed by atoms with Gasteiger partial charge in [-0.2, -0.15) is 0 Å². The van der Waals surface area contributed by atoms with E-state index >= 15 is 0 Å². The average Bonchev–Trinajstić information content (AvgIpc) is 3.12. The Bertz CT molecular complexity index is 413. The van der Waals surface area contributed by atoms with E-state index in [4.69, 9.17) is 4.74 Å². The third-order valence-corrected chi connectivity index (χ3v) is 4.17. The van der Waals surface area contributed by atoms with E-state index in [1.807, 2.05) is 0 Å². The van der Waals surface area contributed by atoms with E-state index in [0.717, 1.165) is 6.54 Å². The van der Waals surface area contributed by atoms with E-state index in [-0.39, 0.29) is 5.82 Å². The normalized spacial score (nSPS) is 16.9. The van der Waals surface area contributed by atoms with Crippen LogP contribution >= 0.6 is 0 Å². The molecule has 18 heavy (non-hydrogen) atoms. The summed E-state index contributed by atoms with van der Waals surface area (Å²) in [6.07, 6.45) is 2.59. The first kappa shape index (κ1) is 13.3. The summed E-state index contributed by atoms with van der Waals surface area (Å²) < 4.78 is 18.7. The molecule has 0 aromatic heterocycles. The molecule has 1 aliphatic carbocycles. The molecular formula is C15H22FNO. The highest BCUT2D eigenvalue weighted by atomic mass is 19.1. The van der Waals surface area contributed by atoms with Gasteiger partial charge in [-0.3, -0.25) is 0 Å². The Morgan fingerprint density at radius 1 is 1.39 bits per heavy atom. The third-order valence-electron chi connectivity index (χ3n) is 4.17. The van der Waals surface area contributed by atoms with Crippen LogP contribution in [0.25, 0.3) is 0 Å². The molecular weight excluding hydrogens is 229 g/mol. The summed E-state index contributed by atoms with van der Waals surface area (Å²) >= 11 is 0. The maximum absolute atomic E-state index is 13.7. The number of ether oxygens (including phenoxy) is 1. The van der Waals surface area contributed by atoms with Crippen molar-refractivity contribution in [3.63, 3.8) is 0 Å². The van der Waals surface area contributed by atoms with Crippen molar-refractivity contribution in [3.8, 4) is 5.75 Å². The van der Waals surface area contributed by atoms with Gasteiger partial charge in [-0.05, 0) is 30.2 Å². The Morgan fingerprint density at radius 2 is 2.11 bits per heavy atom. The van der Waals surface area contributed by atoms with E-state index in [9.17, 15) is 4.39 Å². The maximum atomic E-state index is 13.7. The van der Waals surface area contributed by atoms with Crippen molar-refractivity contribution in [2.75, 3.05) is 13.7 Å². The van der Waals surface area contributed by atoms with Gasteiger partial charge >= 0.3 is 0 Å². The van der Waals surface area contributed by atoms with Gasteiger partial charge in [0.05, 0.1) is 7.11 Å². The summed E-state index contributed by atoms with van der Waals surface area (Å²) in [6, 6.07) is 5.03. The molecule has 0 heterocycles. The third kappa shape index (κ3) is 2.83. The van der Waals surface area contributed by atoms with Crippen molar-refractivity contribution in [1.82, 2.24) is 5.32 Å². The summed E-state index contributed by atoms with van der Waals surface area (Å²) in [4.78, 5) is 0. The molecule has 100 valence electrons. The van der Waals surface area contributed by atoms with Crippen LogP contribution in [-0.4, -0.2) is 13.7 Å². The van der Waals surface area contributed by atoms with Gasteiger partial charge in [0, 0.05) is 24.7 Å². The first-order valence-corrected chi connectivity index (χ1v) is 6.60. The number of hydrogen-bond acceptors (Lipinski definition) is 2. The van der Waals surface area contributed by atoms with Crippen LogP contribution < -0.4 is 10.1 Å². The number of benzene rings is 1. The highest BCUT2D eigenvalue weighted by Gasteiger charge is 2.44. The van der Waals surface area contributed by atoms with Gasteiger partial charge in [0.15, 0.2) is 0 Å². The number of methoxy groups -OCH3 is 1. The minimum atomic E-state index is -0.198. The Kier molecular flexibility index (Phi) is 3.91. The van der Waals surface area contributed by atoms with Crippen LogP contribution in [0.1, 0.15) is 32.3 Å². The van der Waals surface area contributed by atoms with Gasteiger partial charge in [0.2, 0.25) is 0 Å². The number of rotatable bonds is 6. The van der Waals surface area contributed by atoms with Gasteiger partial charge in [-0.25, -0.2) is 4.39 Å². The molecule has 0 atom stereocenters. The van der Waals surface area contributed by atoms with Crippen molar-refractivity contribution in [2.24, 2.45) is 11.3 Å². The molecule has 0 spiro atoms. The summed E-state index contributed by atoms with van der Waals surface area (Å²) in [7, 11) is 1.55. The summed E-state index contributed by atoms with van der Waals surface area (Å²) in [5.41, 5.74) is 1.17.